The monoisotopic (exact) mass is 447 g/mol. The van der Waals surface area contributed by atoms with Gasteiger partial charge in [0.1, 0.15) is 18.4 Å². The number of phenols is 1. The summed E-state index contributed by atoms with van der Waals surface area (Å²) in [5.41, 5.74) is 1.32. The molecule has 1 unspecified atom stereocenters. The molecule has 1 heterocycles. The average Bonchev–Trinajstić information content (AvgIpc) is 3.31. The van der Waals surface area contributed by atoms with Crippen LogP contribution in [0, 0.1) is 0 Å². The number of nitrogens with one attached hydrogen (secondary N) is 2. The number of ether oxygens (including phenoxy) is 1. The van der Waals surface area contributed by atoms with Crippen LogP contribution in [-0.4, -0.2) is 54.0 Å². The molecule has 0 radical (unpaired) electrons. The van der Waals surface area contributed by atoms with Gasteiger partial charge in [-0.1, -0.05) is 30.3 Å². The fourth-order valence-electron chi connectivity index (χ4n) is 4.06. The number of likely N-dealkylation sites (tertiary alicyclic amines) is 1. The molecule has 170 valence electrons. The van der Waals surface area contributed by atoms with Gasteiger partial charge in [0.15, 0.2) is 0 Å². The number of fused-ring (bicyclic) bond motifs is 1. The van der Waals surface area contributed by atoms with Crippen LogP contribution in [0.3, 0.4) is 0 Å². The number of hydrogen-bond donors (Lipinski definition) is 3. The summed E-state index contributed by atoms with van der Waals surface area (Å²) in [5, 5.41) is 17.6. The predicted octanol–water partition coefficient (Wildman–Crippen LogP) is 3.37. The highest BCUT2D eigenvalue weighted by Gasteiger charge is 2.35. The summed E-state index contributed by atoms with van der Waals surface area (Å²) in [5.74, 6) is -1.01. The van der Waals surface area contributed by atoms with Crippen LogP contribution in [0.5, 0.6) is 5.75 Å². The van der Waals surface area contributed by atoms with Crippen LogP contribution in [-0.2, 0) is 14.3 Å². The fraction of sp³-hybridized carbons (Fsp3) is 0.240. The van der Waals surface area contributed by atoms with Crippen molar-refractivity contribution in [1.29, 1.82) is 0 Å². The van der Waals surface area contributed by atoms with Crippen molar-refractivity contribution >= 4 is 39.9 Å². The lowest BCUT2D eigenvalue weighted by atomic mass is 10.0. The molecule has 3 N–H and O–H groups in total. The molecule has 1 atom stereocenters. The maximum atomic E-state index is 13.2. The van der Waals surface area contributed by atoms with Gasteiger partial charge in [0.2, 0.25) is 11.8 Å². The second kappa shape index (κ2) is 9.70. The minimum absolute atomic E-state index is 0.0448. The Morgan fingerprint density at radius 1 is 1.00 bits per heavy atom. The number of anilines is 2. The van der Waals surface area contributed by atoms with Crippen LogP contribution < -0.4 is 10.6 Å². The van der Waals surface area contributed by atoms with E-state index in [1.165, 1.54) is 12.0 Å². The maximum Gasteiger partial charge on any atom is 0.258 e. The predicted molar refractivity (Wildman–Crippen MR) is 125 cm³/mol. The number of nitrogens with zero attached hydrogens (tertiary/aromatic N) is 1. The van der Waals surface area contributed by atoms with E-state index >= 15 is 0 Å². The second-order valence-corrected chi connectivity index (χ2v) is 7.89. The van der Waals surface area contributed by atoms with E-state index in [0.29, 0.717) is 36.1 Å². The summed E-state index contributed by atoms with van der Waals surface area (Å²) in [6, 6.07) is 16.8. The topological polar surface area (TPSA) is 108 Å². The smallest absolute Gasteiger partial charge is 0.258 e. The summed E-state index contributed by atoms with van der Waals surface area (Å²) in [4.78, 5) is 39.3. The number of benzene rings is 3. The zero-order chi connectivity index (χ0) is 23.4. The van der Waals surface area contributed by atoms with Gasteiger partial charge in [0, 0.05) is 30.4 Å². The number of amides is 3. The molecule has 4 rings (SSSR count). The molecule has 1 aliphatic rings. The van der Waals surface area contributed by atoms with Crippen LogP contribution in [0.1, 0.15) is 23.2 Å². The molecule has 1 fully saturated rings. The van der Waals surface area contributed by atoms with Gasteiger partial charge in [-0.05, 0) is 48.6 Å². The van der Waals surface area contributed by atoms with Gasteiger partial charge >= 0.3 is 0 Å². The van der Waals surface area contributed by atoms with Crippen LogP contribution in [0.25, 0.3) is 10.8 Å². The van der Waals surface area contributed by atoms with Crippen molar-refractivity contribution in [3.8, 4) is 5.75 Å². The summed E-state index contributed by atoms with van der Waals surface area (Å²) >= 11 is 0. The Balaban J connectivity index is 1.46. The Kier molecular flexibility index (Phi) is 6.55. The molecule has 1 saturated heterocycles. The summed E-state index contributed by atoms with van der Waals surface area (Å²) in [6.45, 7) is 0.393. The SMILES string of the molecule is COCC(=O)Nc1ccc(NC(=O)C2CCCN2C(=O)c2ccc3ccccc3c2O)cc1. The zero-order valence-electron chi connectivity index (χ0n) is 18.2. The lowest BCUT2D eigenvalue weighted by molar-refractivity contribution is -0.120. The van der Waals surface area contributed by atoms with E-state index in [1.807, 2.05) is 12.1 Å². The third kappa shape index (κ3) is 4.80. The first-order valence-electron chi connectivity index (χ1n) is 10.7. The highest BCUT2D eigenvalue weighted by atomic mass is 16.5. The Morgan fingerprint density at radius 3 is 2.42 bits per heavy atom. The van der Waals surface area contributed by atoms with Gasteiger partial charge in [-0.15, -0.1) is 0 Å². The molecule has 0 bridgehead atoms. The average molecular weight is 447 g/mol. The van der Waals surface area contributed by atoms with Gasteiger partial charge in [-0.2, -0.15) is 0 Å². The lowest BCUT2D eigenvalue weighted by Crippen LogP contribution is -2.43. The van der Waals surface area contributed by atoms with Crippen molar-refractivity contribution in [2.75, 3.05) is 30.9 Å². The first-order valence-corrected chi connectivity index (χ1v) is 10.7. The van der Waals surface area contributed by atoms with Gasteiger partial charge in [-0.25, -0.2) is 0 Å². The lowest BCUT2D eigenvalue weighted by Gasteiger charge is -2.24. The molecular formula is C25H25N3O5. The highest BCUT2D eigenvalue weighted by molar-refractivity contribution is 6.06. The number of carbonyl (C=O) groups excluding carboxylic acids is 3. The molecule has 33 heavy (non-hydrogen) atoms. The van der Waals surface area contributed by atoms with Gasteiger partial charge < -0.3 is 25.4 Å². The second-order valence-electron chi connectivity index (χ2n) is 7.89. The number of methoxy groups -OCH3 is 1. The van der Waals surface area contributed by atoms with Gasteiger partial charge in [0.05, 0.1) is 5.56 Å². The maximum absolute atomic E-state index is 13.2. The van der Waals surface area contributed by atoms with Crippen molar-refractivity contribution in [2.45, 2.75) is 18.9 Å². The van der Waals surface area contributed by atoms with E-state index in [2.05, 4.69) is 10.6 Å². The third-order valence-electron chi connectivity index (χ3n) is 5.66. The minimum atomic E-state index is -0.635. The largest absolute Gasteiger partial charge is 0.506 e. The standard InChI is InChI=1S/C25H25N3O5/c1-33-15-22(29)26-17-9-11-18(12-10-17)27-24(31)21-7-4-14-28(21)25(32)20-13-8-16-5-2-3-6-19(16)23(20)30/h2-3,5-6,8-13,21,30H,4,7,14-15H2,1H3,(H,26,29)(H,27,31). The first kappa shape index (κ1) is 22.3. The Morgan fingerprint density at radius 2 is 1.70 bits per heavy atom. The minimum Gasteiger partial charge on any atom is -0.506 e. The van der Waals surface area contributed by atoms with E-state index in [0.717, 1.165) is 5.39 Å². The number of aromatic hydroxyl groups is 1. The van der Waals surface area contributed by atoms with E-state index in [-0.39, 0.29) is 35.6 Å². The molecule has 0 aliphatic carbocycles. The quantitative estimate of drug-likeness (QED) is 0.537. The highest BCUT2D eigenvalue weighted by Crippen LogP contribution is 2.31. The molecular weight excluding hydrogens is 422 g/mol. The molecule has 3 amide bonds. The van der Waals surface area contributed by atoms with Crippen molar-refractivity contribution in [3.63, 3.8) is 0 Å². The Bertz CT molecular complexity index is 1190. The number of rotatable bonds is 6. The van der Waals surface area contributed by atoms with Crippen LogP contribution in [0.2, 0.25) is 0 Å². The van der Waals surface area contributed by atoms with Gasteiger partial charge in [0.25, 0.3) is 5.91 Å². The van der Waals surface area contributed by atoms with Crippen molar-refractivity contribution < 1.29 is 24.2 Å². The van der Waals surface area contributed by atoms with E-state index in [4.69, 9.17) is 4.74 Å². The van der Waals surface area contributed by atoms with Crippen molar-refractivity contribution in [3.05, 3.63) is 66.2 Å². The fourth-order valence-corrected chi connectivity index (χ4v) is 4.06. The van der Waals surface area contributed by atoms with Crippen LogP contribution in [0.4, 0.5) is 11.4 Å². The summed E-state index contributed by atoms with van der Waals surface area (Å²) in [6.07, 6.45) is 1.24. The molecule has 8 nitrogen and oxygen atoms in total. The summed E-state index contributed by atoms with van der Waals surface area (Å²) < 4.78 is 4.78. The summed E-state index contributed by atoms with van der Waals surface area (Å²) in [7, 11) is 1.44. The van der Waals surface area contributed by atoms with E-state index < -0.39 is 6.04 Å². The Labute approximate surface area is 191 Å². The van der Waals surface area contributed by atoms with Gasteiger partial charge in [-0.3, -0.25) is 14.4 Å². The van der Waals surface area contributed by atoms with E-state index in [9.17, 15) is 19.5 Å². The molecule has 0 saturated carbocycles. The molecule has 8 heteroatoms. The molecule has 1 aliphatic heterocycles. The third-order valence-corrected chi connectivity index (χ3v) is 5.66. The van der Waals surface area contributed by atoms with Crippen molar-refractivity contribution in [2.24, 2.45) is 0 Å². The molecule has 3 aromatic rings. The molecule has 3 aromatic carbocycles. The number of phenolic OH excluding ortho intramolecular Hbond substituents is 1. The number of hydrogen-bond acceptors (Lipinski definition) is 5. The molecule has 0 spiro atoms. The number of carbonyl (C=O) groups is 3. The van der Waals surface area contributed by atoms with Crippen LogP contribution in [0.15, 0.2) is 60.7 Å². The Hall–Kier alpha value is -3.91. The first-order chi connectivity index (χ1) is 16.0. The van der Waals surface area contributed by atoms with Crippen LogP contribution >= 0.6 is 0 Å². The normalized spacial score (nSPS) is 15.4. The van der Waals surface area contributed by atoms with Crippen molar-refractivity contribution in [1.82, 2.24) is 4.90 Å². The van der Waals surface area contributed by atoms with E-state index in [1.54, 1.807) is 48.5 Å². The molecule has 0 aromatic heterocycles. The zero-order valence-corrected chi connectivity index (χ0v) is 18.2.